The molecule has 3 heteroatoms. The summed E-state index contributed by atoms with van der Waals surface area (Å²) in [6, 6.07) is 0. The lowest BCUT2D eigenvalue weighted by Crippen LogP contribution is -2.23. The number of hydrogen-bond acceptors (Lipinski definition) is 2. The van der Waals surface area contributed by atoms with E-state index in [-0.39, 0.29) is 6.09 Å². The lowest BCUT2D eigenvalue weighted by atomic mass is 10.4. The summed E-state index contributed by atoms with van der Waals surface area (Å²) in [5, 5.41) is 0. The van der Waals surface area contributed by atoms with Crippen molar-refractivity contribution < 1.29 is 9.53 Å². The van der Waals surface area contributed by atoms with Gasteiger partial charge in [0.2, 0.25) is 0 Å². The number of amides is 1. The minimum atomic E-state index is -0.226. The van der Waals surface area contributed by atoms with Crippen molar-refractivity contribution in [1.82, 2.24) is 4.90 Å². The Bertz CT molecular complexity index is 174. The van der Waals surface area contributed by atoms with Crippen molar-refractivity contribution in [3.8, 4) is 0 Å². The molecule has 1 aliphatic heterocycles. The highest BCUT2D eigenvalue weighted by molar-refractivity contribution is 5.71. The zero-order valence-corrected chi connectivity index (χ0v) is 6.26. The number of likely N-dealkylation sites (N-methyl/N-ethyl adjacent to an activating group) is 1. The molecule has 10 heavy (non-hydrogen) atoms. The number of carbonyl (C=O) groups is 1. The molecular weight excluding hydrogens is 130 g/mol. The van der Waals surface area contributed by atoms with Crippen molar-refractivity contribution in [3.63, 3.8) is 0 Å². The number of cyclic esters (lactones) is 1. The van der Waals surface area contributed by atoms with Gasteiger partial charge in [0.05, 0.1) is 6.54 Å². The summed E-state index contributed by atoms with van der Waals surface area (Å²) in [5.74, 6) is 0.756. The number of ether oxygens (including phenoxy) is 1. The molecule has 0 N–H and O–H groups in total. The van der Waals surface area contributed by atoms with Gasteiger partial charge in [-0.1, -0.05) is 0 Å². The first-order chi connectivity index (χ1) is 4.77. The molecule has 1 heterocycles. The largest absolute Gasteiger partial charge is 0.415 e. The third-order valence-corrected chi connectivity index (χ3v) is 1.53. The molecule has 1 rings (SSSR count). The second-order valence-electron chi connectivity index (χ2n) is 2.14. The number of rotatable bonds is 1. The second-order valence-corrected chi connectivity index (χ2v) is 2.14. The molecule has 0 atom stereocenters. The maximum absolute atomic E-state index is 10.8. The number of allylic oxidation sites excluding steroid dienone is 1. The molecule has 0 bridgehead atoms. The first kappa shape index (κ1) is 7.12. The van der Waals surface area contributed by atoms with Crippen LogP contribution >= 0.6 is 0 Å². The van der Waals surface area contributed by atoms with Crippen LogP contribution in [-0.4, -0.2) is 24.1 Å². The summed E-state index contributed by atoms with van der Waals surface area (Å²) in [6.07, 6.45) is 1.59. The van der Waals surface area contributed by atoms with Crippen molar-refractivity contribution in [2.24, 2.45) is 0 Å². The molecule has 0 aliphatic carbocycles. The van der Waals surface area contributed by atoms with E-state index in [1.807, 2.05) is 19.9 Å². The van der Waals surface area contributed by atoms with Crippen molar-refractivity contribution in [2.75, 3.05) is 13.1 Å². The van der Waals surface area contributed by atoms with Gasteiger partial charge < -0.3 is 9.64 Å². The lowest BCUT2D eigenvalue weighted by Gasteiger charge is -2.05. The minimum absolute atomic E-state index is 0.226. The lowest BCUT2D eigenvalue weighted by molar-refractivity contribution is 0.170. The molecule has 56 valence electrons. The van der Waals surface area contributed by atoms with Gasteiger partial charge in [0.25, 0.3) is 0 Å². The zero-order chi connectivity index (χ0) is 7.56. The molecule has 0 radical (unpaired) electrons. The normalized spacial score (nSPS) is 22.0. The molecular formula is C7H11NO2. The highest BCUT2D eigenvalue weighted by Crippen LogP contribution is 2.12. The van der Waals surface area contributed by atoms with E-state index in [1.54, 1.807) is 4.90 Å². The Balaban J connectivity index is 2.61. The van der Waals surface area contributed by atoms with Gasteiger partial charge in [0.1, 0.15) is 5.76 Å². The Morgan fingerprint density at radius 2 is 2.50 bits per heavy atom. The van der Waals surface area contributed by atoms with E-state index in [2.05, 4.69) is 0 Å². The fraction of sp³-hybridized carbons (Fsp3) is 0.571. The SMILES string of the molecule is C/C=C1\CN(CC)C(=O)O1. The number of nitrogens with zero attached hydrogens (tertiary/aromatic N) is 1. The average Bonchev–Trinajstić information content (AvgIpc) is 2.30. The van der Waals surface area contributed by atoms with Crippen molar-refractivity contribution in [2.45, 2.75) is 13.8 Å². The summed E-state index contributed by atoms with van der Waals surface area (Å²) in [7, 11) is 0. The van der Waals surface area contributed by atoms with Crippen LogP contribution in [0.5, 0.6) is 0 Å². The van der Waals surface area contributed by atoms with Crippen molar-refractivity contribution in [1.29, 1.82) is 0 Å². The van der Waals surface area contributed by atoms with Crippen LogP contribution in [0.25, 0.3) is 0 Å². The zero-order valence-electron chi connectivity index (χ0n) is 6.26. The van der Waals surface area contributed by atoms with Crippen LogP contribution in [0.1, 0.15) is 13.8 Å². The third kappa shape index (κ3) is 1.12. The molecule has 0 saturated carbocycles. The monoisotopic (exact) mass is 141 g/mol. The molecule has 0 spiro atoms. The Morgan fingerprint density at radius 3 is 2.80 bits per heavy atom. The highest BCUT2D eigenvalue weighted by atomic mass is 16.6. The topological polar surface area (TPSA) is 29.5 Å². The standard InChI is InChI=1S/C7H11NO2/c1-3-6-5-8(4-2)7(9)10-6/h3H,4-5H2,1-2H3/b6-3+. The van der Waals surface area contributed by atoms with Crippen LogP contribution in [0.15, 0.2) is 11.8 Å². The Morgan fingerprint density at radius 1 is 1.80 bits per heavy atom. The van der Waals surface area contributed by atoms with Crippen LogP contribution in [0.2, 0.25) is 0 Å². The Kier molecular flexibility index (Phi) is 1.94. The molecule has 3 nitrogen and oxygen atoms in total. The molecule has 1 fully saturated rings. The van der Waals surface area contributed by atoms with E-state index in [4.69, 9.17) is 4.74 Å². The van der Waals surface area contributed by atoms with Crippen molar-refractivity contribution >= 4 is 6.09 Å². The highest BCUT2D eigenvalue weighted by Gasteiger charge is 2.23. The smallest absolute Gasteiger partial charge is 0.413 e. The predicted molar refractivity (Wildman–Crippen MR) is 37.5 cm³/mol. The van der Waals surface area contributed by atoms with E-state index in [0.29, 0.717) is 6.54 Å². The quantitative estimate of drug-likeness (QED) is 0.551. The molecule has 0 aromatic heterocycles. The predicted octanol–water partition coefficient (Wildman–Crippen LogP) is 1.36. The molecule has 0 unspecified atom stereocenters. The van der Waals surface area contributed by atoms with Crippen LogP contribution in [0.3, 0.4) is 0 Å². The van der Waals surface area contributed by atoms with Gasteiger partial charge >= 0.3 is 6.09 Å². The van der Waals surface area contributed by atoms with Gasteiger partial charge in [0.15, 0.2) is 0 Å². The van der Waals surface area contributed by atoms with Gasteiger partial charge in [0, 0.05) is 6.54 Å². The average molecular weight is 141 g/mol. The summed E-state index contributed by atoms with van der Waals surface area (Å²) in [4.78, 5) is 12.5. The summed E-state index contributed by atoms with van der Waals surface area (Å²) in [6.45, 7) is 5.14. The van der Waals surface area contributed by atoms with Crippen LogP contribution < -0.4 is 0 Å². The Hall–Kier alpha value is -0.990. The summed E-state index contributed by atoms with van der Waals surface area (Å²) < 4.78 is 4.86. The molecule has 0 aromatic rings. The van der Waals surface area contributed by atoms with Gasteiger partial charge in [-0.3, -0.25) is 0 Å². The molecule has 0 aromatic carbocycles. The van der Waals surface area contributed by atoms with E-state index in [9.17, 15) is 4.79 Å². The van der Waals surface area contributed by atoms with Crippen LogP contribution in [0.4, 0.5) is 4.79 Å². The summed E-state index contributed by atoms with van der Waals surface area (Å²) >= 11 is 0. The van der Waals surface area contributed by atoms with Gasteiger partial charge in [-0.15, -0.1) is 0 Å². The maximum atomic E-state index is 10.8. The van der Waals surface area contributed by atoms with Crippen LogP contribution in [-0.2, 0) is 4.74 Å². The van der Waals surface area contributed by atoms with Crippen LogP contribution in [0, 0.1) is 0 Å². The Labute approximate surface area is 60.3 Å². The fourth-order valence-corrected chi connectivity index (χ4v) is 0.853. The third-order valence-electron chi connectivity index (χ3n) is 1.53. The number of hydrogen-bond donors (Lipinski definition) is 0. The van der Waals surface area contributed by atoms with E-state index in [1.165, 1.54) is 0 Å². The van der Waals surface area contributed by atoms with E-state index in [0.717, 1.165) is 12.3 Å². The van der Waals surface area contributed by atoms with Gasteiger partial charge in [-0.2, -0.15) is 0 Å². The summed E-state index contributed by atoms with van der Waals surface area (Å²) in [5.41, 5.74) is 0. The van der Waals surface area contributed by atoms with E-state index >= 15 is 0 Å². The molecule has 1 amide bonds. The van der Waals surface area contributed by atoms with Gasteiger partial charge in [-0.05, 0) is 19.9 Å². The first-order valence-corrected chi connectivity index (χ1v) is 3.40. The molecule has 1 aliphatic rings. The number of carbonyl (C=O) groups excluding carboxylic acids is 1. The van der Waals surface area contributed by atoms with Crippen molar-refractivity contribution in [3.05, 3.63) is 11.8 Å². The molecule has 1 saturated heterocycles. The second kappa shape index (κ2) is 2.73. The first-order valence-electron chi connectivity index (χ1n) is 3.40. The minimum Gasteiger partial charge on any atom is -0.413 e. The fourth-order valence-electron chi connectivity index (χ4n) is 0.853. The van der Waals surface area contributed by atoms with E-state index < -0.39 is 0 Å². The van der Waals surface area contributed by atoms with Gasteiger partial charge in [-0.25, -0.2) is 4.79 Å². The maximum Gasteiger partial charge on any atom is 0.415 e.